The average molecular weight is 166 g/mol. The van der Waals surface area contributed by atoms with Gasteiger partial charge in [-0.1, -0.05) is 13.0 Å². The molecule has 1 rings (SSSR count). The molecule has 1 aromatic rings. The van der Waals surface area contributed by atoms with Crippen LogP contribution >= 0.6 is 0 Å². The Hall–Kier alpha value is -1.31. The van der Waals surface area contributed by atoms with E-state index in [-0.39, 0.29) is 5.78 Å². The quantitative estimate of drug-likeness (QED) is 0.646. The summed E-state index contributed by atoms with van der Waals surface area (Å²) >= 11 is 0. The van der Waals surface area contributed by atoms with Gasteiger partial charge < -0.3 is 4.42 Å². The first-order valence-electron chi connectivity index (χ1n) is 3.91. The molecule has 1 aromatic heterocycles. The maximum Gasteiger partial charge on any atom is 0.136 e. The fourth-order valence-corrected chi connectivity index (χ4v) is 0.532. The second-order valence-corrected chi connectivity index (χ2v) is 2.18. The minimum Gasteiger partial charge on any atom is -0.473 e. The number of hydrogen-bond donors (Lipinski definition) is 0. The van der Waals surface area contributed by atoms with Crippen molar-refractivity contribution in [3.05, 3.63) is 37.3 Å². The van der Waals surface area contributed by atoms with Crippen molar-refractivity contribution in [1.29, 1.82) is 0 Å². The molecule has 0 fully saturated rings. The number of ketones is 1. The highest BCUT2D eigenvalue weighted by Gasteiger charge is 1.89. The minimum atomic E-state index is 0.259. The molecule has 1 heterocycles. The molecule has 12 heavy (non-hydrogen) atoms. The first-order chi connectivity index (χ1) is 5.81. The van der Waals surface area contributed by atoms with E-state index >= 15 is 0 Å². The van der Waals surface area contributed by atoms with Gasteiger partial charge in [0.15, 0.2) is 0 Å². The lowest BCUT2D eigenvalue weighted by atomic mass is 10.2. The van der Waals surface area contributed by atoms with Crippen molar-refractivity contribution in [2.75, 3.05) is 0 Å². The predicted octanol–water partition coefficient (Wildman–Crippen LogP) is 2.82. The number of hydrogen-bond acceptors (Lipinski definition) is 2. The third kappa shape index (κ3) is 6.81. The van der Waals surface area contributed by atoms with Crippen molar-refractivity contribution in [2.24, 2.45) is 0 Å². The van der Waals surface area contributed by atoms with Gasteiger partial charge in [0, 0.05) is 12.8 Å². The van der Waals surface area contributed by atoms with Crippen LogP contribution in [0.2, 0.25) is 0 Å². The summed E-state index contributed by atoms with van der Waals surface area (Å²) in [6.45, 7) is 5.28. The summed E-state index contributed by atoms with van der Waals surface area (Å²) in [6.07, 6.45) is 6.04. The third-order valence-corrected chi connectivity index (χ3v) is 1.19. The van der Waals surface area contributed by atoms with Gasteiger partial charge in [-0.25, -0.2) is 0 Å². The summed E-state index contributed by atoms with van der Waals surface area (Å²) in [5, 5.41) is 0. The largest absolute Gasteiger partial charge is 0.473 e. The Balaban J connectivity index is 0.000000211. The van der Waals surface area contributed by atoms with E-state index in [0.29, 0.717) is 12.8 Å². The Morgan fingerprint density at radius 3 is 2.25 bits per heavy atom. The molecule has 0 amide bonds. The first kappa shape index (κ1) is 10.7. The maximum absolute atomic E-state index is 10.3. The smallest absolute Gasteiger partial charge is 0.136 e. The second kappa shape index (κ2) is 7.79. The third-order valence-electron chi connectivity index (χ3n) is 1.19. The Kier molecular flexibility index (Phi) is 6.94. The SMILES string of the molecule is C=CCC(=O)CC.c1ccoc1. The van der Waals surface area contributed by atoms with Crippen LogP contribution in [0, 0.1) is 0 Å². The number of carbonyl (C=O) groups excluding carboxylic acids is 1. The standard InChI is InChI=1S/C6H10O.C4H4O/c1-3-5-6(7)4-2;1-2-4-5-3-1/h3H,1,4-5H2,2H3;1-4H. The fraction of sp³-hybridized carbons (Fsp3) is 0.300. The van der Waals surface area contributed by atoms with E-state index < -0.39 is 0 Å². The number of carbonyl (C=O) groups is 1. The van der Waals surface area contributed by atoms with Crippen molar-refractivity contribution >= 4 is 5.78 Å². The molecule has 0 unspecified atom stereocenters. The molecule has 0 saturated carbocycles. The van der Waals surface area contributed by atoms with Crippen molar-refractivity contribution < 1.29 is 9.21 Å². The number of allylic oxidation sites excluding steroid dienone is 1. The van der Waals surface area contributed by atoms with E-state index in [0.717, 1.165) is 0 Å². The van der Waals surface area contributed by atoms with Crippen LogP contribution in [0.25, 0.3) is 0 Å². The number of Topliss-reactive ketones (excluding diaryl/α,β-unsaturated/α-hetero) is 1. The van der Waals surface area contributed by atoms with Gasteiger partial charge in [0.2, 0.25) is 0 Å². The van der Waals surface area contributed by atoms with Gasteiger partial charge in [-0.3, -0.25) is 4.79 Å². The van der Waals surface area contributed by atoms with Gasteiger partial charge >= 0.3 is 0 Å². The zero-order chi connectivity index (χ0) is 9.23. The molecule has 0 spiro atoms. The Morgan fingerprint density at radius 1 is 1.50 bits per heavy atom. The number of furan rings is 1. The maximum atomic E-state index is 10.3. The van der Waals surface area contributed by atoms with Crippen LogP contribution in [0.1, 0.15) is 19.8 Å². The number of rotatable bonds is 3. The molecule has 0 aliphatic rings. The van der Waals surface area contributed by atoms with Crippen LogP contribution in [0.5, 0.6) is 0 Å². The summed E-state index contributed by atoms with van der Waals surface area (Å²) < 4.78 is 4.58. The molecular formula is C10H14O2. The second-order valence-electron chi connectivity index (χ2n) is 2.18. The summed E-state index contributed by atoms with van der Waals surface area (Å²) in [6, 6.07) is 3.67. The van der Waals surface area contributed by atoms with Crippen LogP contribution in [-0.4, -0.2) is 5.78 Å². The monoisotopic (exact) mass is 166 g/mol. The highest BCUT2D eigenvalue weighted by Crippen LogP contribution is 1.86. The van der Waals surface area contributed by atoms with Gasteiger partial charge in [-0.05, 0) is 12.1 Å². The first-order valence-corrected chi connectivity index (χ1v) is 3.91. The minimum absolute atomic E-state index is 0.259. The van der Waals surface area contributed by atoms with E-state index in [1.165, 1.54) is 0 Å². The van der Waals surface area contributed by atoms with Crippen molar-refractivity contribution in [3.8, 4) is 0 Å². The molecule has 0 aliphatic heterocycles. The van der Waals surface area contributed by atoms with Gasteiger partial charge in [0.25, 0.3) is 0 Å². The Morgan fingerprint density at radius 2 is 2.08 bits per heavy atom. The molecule has 0 aliphatic carbocycles. The molecule has 0 bridgehead atoms. The molecule has 0 N–H and O–H groups in total. The van der Waals surface area contributed by atoms with Gasteiger partial charge in [-0.2, -0.15) is 0 Å². The predicted molar refractivity (Wildman–Crippen MR) is 48.8 cm³/mol. The molecule has 0 saturated heterocycles. The van der Waals surface area contributed by atoms with Crippen LogP contribution < -0.4 is 0 Å². The summed E-state index contributed by atoms with van der Waals surface area (Å²) in [5.74, 6) is 0.259. The van der Waals surface area contributed by atoms with E-state index in [4.69, 9.17) is 0 Å². The molecule has 2 heteroatoms. The lowest BCUT2D eigenvalue weighted by molar-refractivity contribution is -0.117. The van der Waals surface area contributed by atoms with Crippen LogP contribution in [-0.2, 0) is 4.79 Å². The molecule has 0 atom stereocenters. The van der Waals surface area contributed by atoms with Crippen molar-refractivity contribution in [2.45, 2.75) is 19.8 Å². The van der Waals surface area contributed by atoms with Crippen LogP contribution in [0.4, 0.5) is 0 Å². The highest BCUT2D eigenvalue weighted by atomic mass is 16.3. The van der Waals surface area contributed by atoms with Gasteiger partial charge in [0.05, 0.1) is 12.5 Å². The summed E-state index contributed by atoms with van der Waals surface area (Å²) in [4.78, 5) is 10.3. The van der Waals surface area contributed by atoms with E-state index in [1.54, 1.807) is 18.6 Å². The zero-order valence-corrected chi connectivity index (χ0v) is 7.32. The van der Waals surface area contributed by atoms with Gasteiger partial charge in [-0.15, -0.1) is 6.58 Å². The van der Waals surface area contributed by atoms with E-state index in [9.17, 15) is 4.79 Å². The molecular weight excluding hydrogens is 152 g/mol. The van der Waals surface area contributed by atoms with Crippen LogP contribution in [0.3, 0.4) is 0 Å². The Labute approximate surface area is 72.9 Å². The summed E-state index contributed by atoms with van der Waals surface area (Å²) in [7, 11) is 0. The van der Waals surface area contributed by atoms with E-state index in [1.807, 2.05) is 19.1 Å². The van der Waals surface area contributed by atoms with Crippen LogP contribution in [0.15, 0.2) is 41.7 Å². The van der Waals surface area contributed by atoms with Crippen molar-refractivity contribution in [1.82, 2.24) is 0 Å². The normalized spacial score (nSPS) is 8.08. The highest BCUT2D eigenvalue weighted by molar-refractivity contribution is 5.79. The molecule has 66 valence electrons. The zero-order valence-electron chi connectivity index (χ0n) is 7.32. The fourth-order valence-electron chi connectivity index (χ4n) is 0.532. The topological polar surface area (TPSA) is 30.2 Å². The Bertz CT molecular complexity index is 182. The lowest BCUT2D eigenvalue weighted by Gasteiger charge is -1.83. The lowest BCUT2D eigenvalue weighted by Crippen LogP contribution is -1.89. The molecule has 0 aromatic carbocycles. The van der Waals surface area contributed by atoms with Gasteiger partial charge in [0.1, 0.15) is 5.78 Å². The molecule has 2 nitrogen and oxygen atoms in total. The molecule has 0 radical (unpaired) electrons. The van der Waals surface area contributed by atoms with E-state index in [2.05, 4.69) is 11.0 Å². The average Bonchev–Trinajstić information content (AvgIpc) is 2.62. The summed E-state index contributed by atoms with van der Waals surface area (Å²) in [5.41, 5.74) is 0. The van der Waals surface area contributed by atoms with Crippen molar-refractivity contribution in [3.63, 3.8) is 0 Å².